The SMILES string of the molecule is CC(C)(C)C(=O)Nc1nccc(C=Cc2c(-c3ccccc3)nc3sccn23)n1. The van der Waals surface area contributed by atoms with Crippen molar-refractivity contribution in [2.75, 3.05) is 5.32 Å². The number of benzene rings is 1. The molecule has 1 amide bonds. The van der Waals surface area contributed by atoms with E-state index in [1.807, 2.05) is 62.7 Å². The molecule has 1 aromatic carbocycles. The number of nitrogens with zero attached hydrogens (tertiary/aromatic N) is 4. The summed E-state index contributed by atoms with van der Waals surface area (Å²) in [5, 5.41) is 4.78. The molecule has 0 spiro atoms. The van der Waals surface area contributed by atoms with Gasteiger partial charge in [-0.05, 0) is 18.2 Å². The third kappa shape index (κ3) is 4.09. The molecule has 0 aliphatic carbocycles. The van der Waals surface area contributed by atoms with Gasteiger partial charge in [0.25, 0.3) is 0 Å². The fourth-order valence-corrected chi connectivity index (χ4v) is 3.47. The second-order valence-corrected chi connectivity index (χ2v) is 8.48. The molecule has 146 valence electrons. The zero-order valence-corrected chi connectivity index (χ0v) is 17.3. The van der Waals surface area contributed by atoms with E-state index in [1.54, 1.807) is 23.6 Å². The van der Waals surface area contributed by atoms with Crippen LogP contribution in [0, 0.1) is 5.41 Å². The van der Waals surface area contributed by atoms with E-state index >= 15 is 0 Å². The van der Waals surface area contributed by atoms with Gasteiger partial charge in [0.05, 0.1) is 17.1 Å². The number of imidazole rings is 1. The molecular weight excluding hydrogens is 382 g/mol. The Morgan fingerprint density at radius 2 is 1.90 bits per heavy atom. The highest BCUT2D eigenvalue weighted by Gasteiger charge is 2.22. The van der Waals surface area contributed by atoms with Gasteiger partial charge in [0, 0.05) is 28.8 Å². The van der Waals surface area contributed by atoms with Crippen LogP contribution < -0.4 is 5.32 Å². The van der Waals surface area contributed by atoms with Crippen LogP contribution in [0.2, 0.25) is 0 Å². The van der Waals surface area contributed by atoms with E-state index in [4.69, 9.17) is 4.98 Å². The van der Waals surface area contributed by atoms with Gasteiger partial charge in [0.1, 0.15) is 0 Å². The van der Waals surface area contributed by atoms with Gasteiger partial charge >= 0.3 is 0 Å². The first-order valence-corrected chi connectivity index (χ1v) is 10.1. The van der Waals surface area contributed by atoms with Crippen molar-refractivity contribution in [2.45, 2.75) is 20.8 Å². The van der Waals surface area contributed by atoms with Gasteiger partial charge in [-0.1, -0.05) is 51.1 Å². The quantitative estimate of drug-likeness (QED) is 0.520. The molecule has 0 atom stereocenters. The van der Waals surface area contributed by atoms with Crippen molar-refractivity contribution in [2.24, 2.45) is 5.41 Å². The monoisotopic (exact) mass is 403 g/mol. The fourth-order valence-electron chi connectivity index (χ4n) is 2.75. The molecule has 0 unspecified atom stereocenters. The van der Waals surface area contributed by atoms with E-state index in [0.717, 1.165) is 21.9 Å². The number of hydrogen-bond acceptors (Lipinski definition) is 5. The molecule has 29 heavy (non-hydrogen) atoms. The van der Waals surface area contributed by atoms with E-state index in [-0.39, 0.29) is 5.91 Å². The van der Waals surface area contributed by atoms with Crippen molar-refractivity contribution in [3.8, 4) is 11.3 Å². The van der Waals surface area contributed by atoms with E-state index in [2.05, 4.69) is 31.8 Å². The number of fused-ring (bicyclic) bond motifs is 1. The number of rotatable bonds is 4. The van der Waals surface area contributed by atoms with Crippen LogP contribution in [0.1, 0.15) is 32.2 Å². The smallest absolute Gasteiger partial charge is 0.232 e. The van der Waals surface area contributed by atoms with E-state index in [1.165, 1.54) is 0 Å². The topological polar surface area (TPSA) is 72.2 Å². The van der Waals surface area contributed by atoms with Crippen molar-refractivity contribution in [3.05, 3.63) is 65.6 Å². The summed E-state index contributed by atoms with van der Waals surface area (Å²) in [6.45, 7) is 5.55. The average Bonchev–Trinajstić information content (AvgIpc) is 3.28. The summed E-state index contributed by atoms with van der Waals surface area (Å²) in [5.41, 5.74) is 3.15. The second-order valence-electron chi connectivity index (χ2n) is 7.61. The Balaban J connectivity index is 1.66. The molecule has 0 saturated carbocycles. The highest BCUT2D eigenvalue weighted by Crippen LogP contribution is 2.28. The zero-order valence-electron chi connectivity index (χ0n) is 16.5. The van der Waals surface area contributed by atoms with Crippen LogP contribution in [-0.2, 0) is 4.79 Å². The molecule has 0 aliphatic rings. The first-order chi connectivity index (χ1) is 13.9. The van der Waals surface area contributed by atoms with Crippen molar-refractivity contribution in [3.63, 3.8) is 0 Å². The lowest BCUT2D eigenvalue weighted by molar-refractivity contribution is -0.123. The van der Waals surface area contributed by atoms with Crippen LogP contribution in [0.5, 0.6) is 0 Å². The highest BCUT2D eigenvalue weighted by atomic mass is 32.1. The Kier molecular flexibility index (Phi) is 4.98. The largest absolute Gasteiger partial charge is 0.294 e. The Morgan fingerprint density at radius 1 is 1.10 bits per heavy atom. The molecule has 1 N–H and O–H groups in total. The van der Waals surface area contributed by atoms with Crippen LogP contribution in [0.25, 0.3) is 28.4 Å². The number of anilines is 1. The normalized spacial score (nSPS) is 12.0. The van der Waals surface area contributed by atoms with Crippen LogP contribution in [0.15, 0.2) is 54.2 Å². The van der Waals surface area contributed by atoms with Crippen LogP contribution in [0.3, 0.4) is 0 Å². The molecule has 3 aromatic heterocycles. The maximum absolute atomic E-state index is 12.2. The molecule has 4 rings (SSSR count). The summed E-state index contributed by atoms with van der Waals surface area (Å²) in [7, 11) is 0. The lowest BCUT2D eigenvalue weighted by Crippen LogP contribution is -2.28. The Morgan fingerprint density at radius 3 is 2.66 bits per heavy atom. The number of hydrogen-bond donors (Lipinski definition) is 1. The van der Waals surface area contributed by atoms with Crippen LogP contribution >= 0.6 is 11.3 Å². The first kappa shape index (κ1) is 19.0. The maximum Gasteiger partial charge on any atom is 0.232 e. The Labute approximate surface area is 173 Å². The third-order valence-corrected chi connectivity index (χ3v) is 5.10. The summed E-state index contributed by atoms with van der Waals surface area (Å²) >= 11 is 1.60. The molecule has 6 nitrogen and oxygen atoms in total. The summed E-state index contributed by atoms with van der Waals surface area (Å²) in [4.78, 5) is 26.5. The summed E-state index contributed by atoms with van der Waals surface area (Å²) in [6, 6.07) is 11.9. The van der Waals surface area contributed by atoms with Gasteiger partial charge in [-0.15, -0.1) is 11.3 Å². The summed E-state index contributed by atoms with van der Waals surface area (Å²) in [5.74, 6) is 0.171. The fraction of sp³-hybridized carbons (Fsp3) is 0.182. The summed E-state index contributed by atoms with van der Waals surface area (Å²) in [6.07, 6.45) is 7.54. The highest BCUT2D eigenvalue weighted by molar-refractivity contribution is 7.15. The van der Waals surface area contributed by atoms with Crippen molar-refractivity contribution in [1.82, 2.24) is 19.4 Å². The van der Waals surface area contributed by atoms with E-state index < -0.39 is 5.41 Å². The Bertz CT molecular complexity index is 1180. The molecule has 0 bridgehead atoms. The Hall–Kier alpha value is -3.32. The molecule has 0 fully saturated rings. The number of carbonyl (C=O) groups is 1. The van der Waals surface area contributed by atoms with E-state index in [9.17, 15) is 4.79 Å². The van der Waals surface area contributed by atoms with Crippen molar-refractivity contribution >= 4 is 40.3 Å². The van der Waals surface area contributed by atoms with Crippen molar-refractivity contribution in [1.29, 1.82) is 0 Å². The number of thiazole rings is 1. The van der Waals surface area contributed by atoms with E-state index in [0.29, 0.717) is 11.6 Å². The number of aromatic nitrogens is 4. The second kappa shape index (κ2) is 7.60. The number of nitrogens with one attached hydrogen (secondary N) is 1. The molecule has 4 aromatic rings. The first-order valence-electron chi connectivity index (χ1n) is 9.25. The van der Waals surface area contributed by atoms with Gasteiger partial charge < -0.3 is 0 Å². The predicted octanol–water partition coefficient (Wildman–Crippen LogP) is 5.01. The van der Waals surface area contributed by atoms with Gasteiger partial charge in [-0.3, -0.25) is 14.5 Å². The minimum absolute atomic E-state index is 0.124. The molecule has 3 heterocycles. The maximum atomic E-state index is 12.2. The number of carbonyl (C=O) groups excluding carboxylic acids is 1. The van der Waals surface area contributed by atoms with Gasteiger partial charge in [-0.25, -0.2) is 15.0 Å². The molecule has 0 radical (unpaired) electrons. The van der Waals surface area contributed by atoms with Crippen LogP contribution in [0.4, 0.5) is 5.95 Å². The van der Waals surface area contributed by atoms with Crippen LogP contribution in [-0.4, -0.2) is 25.3 Å². The molecule has 0 aliphatic heterocycles. The third-order valence-electron chi connectivity index (χ3n) is 4.34. The van der Waals surface area contributed by atoms with Gasteiger partial charge in [-0.2, -0.15) is 0 Å². The van der Waals surface area contributed by atoms with Crippen molar-refractivity contribution < 1.29 is 4.79 Å². The lowest BCUT2D eigenvalue weighted by atomic mass is 9.96. The molecular formula is C22H21N5OS. The molecule has 0 saturated heterocycles. The predicted molar refractivity (Wildman–Crippen MR) is 118 cm³/mol. The summed E-state index contributed by atoms with van der Waals surface area (Å²) < 4.78 is 2.06. The number of amides is 1. The van der Waals surface area contributed by atoms with Gasteiger partial charge in [0.15, 0.2) is 4.96 Å². The average molecular weight is 404 g/mol. The lowest BCUT2D eigenvalue weighted by Gasteiger charge is -2.16. The standard InChI is InChI=1S/C22H21N5OS/c1-22(2,3)19(28)26-20-23-12-11-16(24-20)9-10-17-18(15-7-5-4-6-8-15)25-21-27(17)13-14-29-21/h4-14H,1-3H3,(H,23,24,26,28). The van der Waals surface area contributed by atoms with Gasteiger partial charge in [0.2, 0.25) is 11.9 Å². The minimum Gasteiger partial charge on any atom is -0.294 e. The minimum atomic E-state index is -0.512. The molecule has 7 heteroatoms. The zero-order chi connectivity index (χ0) is 20.4.